The van der Waals surface area contributed by atoms with Gasteiger partial charge in [-0.15, -0.1) is 0 Å². The number of carbonyl (C=O) groups is 2. The molecule has 1 aliphatic carbocycles. The van der Waals surface area contributed by atoms with Crippen LogP contribution < -0.4 is 0 Å². The van der Waals surface area contributed by atoms with E-state index in [-0.39, 0.29) is 5.92 Å². The van der Waals surface area contributed by atoms with Crippen molar-refractivity contribution in [3.63, 3.8) is 0 Å². The molecule has 0 aromatic heterocycles. The average molecular weight is 229 g/mol. The van der Waals surface area contributed by atoms with Gasteiger partial charge in [0.25, 0.3) is 0 Å². The molecule has 2 N–H and O–H groups in total. The Hall–Kier alpha value is -1.14. The summed E-state index contributed by atoms with van der Waals surface area (Å²) in [6.45, 7) is 3.35. The summed E-state index contributed by atoms with van der Waals surface area (Å²) in [7, 11) is 0. The third-order valence-electron chi connectivity index (χ3n) is 3.31. The molecule has 3 atom stereocenters. The van der Waals surface area contributed by atoms with Crippen molar-refractivity contribution in [2.75, 3.05) is 32.8 Å². The first-order valence-electron chi connectivity index (χ1n) is 5.37. The molecule has 1 heterocycles. The zero-order chi connectivity index (χ0) is 11.7. The molecular formula is C10H15NO5. The minimum Gasteiger partial charge on any atom is -0.481 e. The lowest BCUT2D eigenvalue weighted by Gasteiger charge is -2.26. The van der Waals surface area contributed by atoms with Gasteiger partial charge in [0.05, 0.1) is 25.0 Å². The summed E-state index contributed by atoms with van der Waals surface area (Å²) in [5.41, 5.74) is 0. The van der Waals surface area contributed by atoms with Crippen LogP contribution in [0.25, 0.3) is 0 Å². The van der Waals surface area contributed by atoms with Crippen molar-refractivity contribution in [1.82, 2.24) is 4.90 Å². The molecule has 1 aliphatic heterocycles. The Labute approximate surface area is 92.8 Å². The number of ether oxygens (including phenoxy) is 1. The number of hydrogen-bond donors (Lipinski definition) is 2. The Kier molecular flexibility index (Phi) is 3.11. The van der Waals surface area contributed by atoms with E-state index in [1.54, 1.807) is 0 Å². The fourth-order valence-corrected chi connectivity index (χ4v) is 2.36. The normalized spacial score (nSPS) is 34.6. The number of hydrogen-bond acceptors (Lipinski definition) is 4. The second kappa shape index (κ2) is 4.39. The highest BCUT2D eigenvalue weighted by molar-refractivity contribution is 5.86. The zero-order valence-corrected chi connectivity index (χ0v) is 8.83. The predicted molar refractivity (Wildman–Crippen MR) is 53.0 cm³/mol. The van der Waals surface area contributed by atoms with Crippen molar-refractivity contribution < 1.29 is 24.5 Å². The lowest BCUT2D eigenvalue weighted by Crippen LogP contribution is -2.38. The summed E-state index contributed by atoms with van der Waals surface area (Å²) in [6, 6.07) is 0. The Balaban J connectivity index is 1.89. The van der Waals surface area contributed by atoms with Gasteiger partial charge in [0.1, 0.15) is 0 Å². The van der Waals surface area contributed by atoms with E-state index >= 15 is 0 Å². The van der Waals surface area contributed by atoms with Crippen LogP contribution in [0.1, 0.15) is 0 Å². The highest BCUT2D eigenvalue weighted by Gasteiger charge is 2.59. The first kappa shape index (κ1) is 11.3. The minimum atomic E-state index is -0.995. The maximum absolute atomic E-state index is 10.8. The zero-order valence-electron chi connectivity index (χ0n) is 8.83. The van der Waals surface area contributed by atoms with Crippen molar-refractivity contribution in [2.24, 2.45) is 17.8 Å². The van der Waals surface area contributed by atoms with Crippen LogP contribution in [0.3, 0.4) is 0 Å². The molecule has 0 aromatic carbocycles. The summed E-state index contributed by atoms with van der Waals surface area (Å²) in [5, 5.41) is 17.7. The standard InChI is InChI=1S/C10H15NO5/c12-9(13)7-6(8(7)10(14)15)5-11-1-3-16-4-2-11/h6-8H,1-5H2,(H,12,13)(H,14,15)/t6?,7-,8+. The molecule has 6 nitrogen and oxygen atoms in total. The quantitative estimate of drug-likeness (QED) is 0.666. The minimum absolute atomic E-state index is 0.243. The maximum atomic E-state index is 10.8. The number of rotatable bonds is 4. The van der Waals surface area contributed by atoms with Gasteiger partial charge in [0.15, 0.2) is 0 Å². The van der Waals surface area contributed by atoms with Gasteiger partial charge in [-0.25, -0.2) is 0 Å². The second-order valence-electron chi connectivity index (χ2n) is 4.30. The molecule has 90 valence electrons. The van der Waals surface area contributed by atoms with Crippen molar-refractivity contribution in [2.45, 2.75) is 0 Å². The van der Waals surface area contributed by atoms with E-state index in [4.69, 9.17) is 14.9 Å². The van der Waals surface area contributed by atoms with Gasteiger partial charge >= 0.3 is 11.9 Å². The fourth-order valence-electron chi connectivity index (χ4n) is 2.36. The first-order chi connectivity index (χ1) is 7.61. The molecule has 0 amide bonds. The lowest BCUT2D eigenvalue weighted by molar-refractivity contribution is -0.144. The summed E-state index contributed by atoms with van der Waals surface area (Å²) in [4.78, 5) is 23.7. The number of carboxylic acid groups (broad SMARTS) is 2. The third kappa shape index (κ3) is 2.17. The van der Waals surface area contributed by atoms with E-state index in [9.17, 15) is 9.59 Å². The molecule has 0 radical (unpaired) electrons. The summed E-state index contributed by atoms with van der Waals surface area (Å²) in [5.74, 6) is -3.65. The van der Waals surface area contributed by atoms with Gasteiger partial charge in [-0.1, -0.05) is 0 Å². The Morgan fingerprint density at radius 3 is 2.06 bits per heavy atom. The molecule has 6 heteroatoms. The van der Waals surface area contributed by atoms with E-state index in [0.717, 1.165) is 13.1 Å². The van der Waals surface area contributed by atoms with Crippen LogP contribution in [0.4, 0.5) is 0 Å². The summed E-state index contributed by atoms with van der Waals surface area (Å²) >= 11 is 0. The molecule has 1 unspecified atom stereocenters. The van der Waals surface area contributed by atoms with E-state index in [1.165, 1.54) is 0 Å². The van der Waals surface area contributed by atoms with Crippen LogP contribution in [0.2, 0.25) is 0 Å². The van der Waals surface area contributed by atoms with E-state index in [1.807, 2.05) is 0 Å². The van der Waals surface area contributed by atoms with Crippen molar-refractivity contribution in [3.8, 4) is 0 Å². The maximum Gasteiger partial charge on any atom is 0.307 e. The van der Waals surface area contributed by atoms with Gasteiger partial charge < -0.3 is 14.9 Å². The molecule has 0 bridgehead atoms. The highest BCUT2D eigenvalue weighted by atomic mass is 16.5. The van der Waals surface area contributed by atoms with Gasteiger partial charge in [-0.2, -0.15) is 0 Å². The molecular weight excluding hydrogens is 214 g/mol. The second-order valence-corrected chi connectivity index (χ2v) is 4.30. The average Bonchev–Trinajstić information content (AvgIpc) is 2.94. The predicted octanol–water partition coefficient (Wildman–Crippen LogP) is -0.650. The molecule has 1 saturated heterocycles. The van der Waals surface area contributed by atoms with Crippen LogP contribution in [0.15, 0.2) is 0 Å². The van der Waals surface area contributed by atoms with E-state index < -0.39 is 23.8 Å². The van der Waals surface area contributed by atoms with E-state index in [0.29, 0.717) is 19.8 Å². The smallest absolute Gasteiger partial charge is 0.307 e. The molecule has 2 rings (SSSR count). The number of nitrogens with zero attached hydrogens (tertiary/aromatic N) is 1. The SMILES string of the molecule is O=C(O)[C@@H]1C(CN2CCOCC2)[C@@H]1C(=O)O. The Morgan fingerprint density at radius 1 is 1.12 bits per heavy atom. The Bertz CT molecular complexity index is 280. The van der Waals surface area contributed by atoms with Gasteiger partial charge in [0.2, 0.25) is 0 Å². The van der Waals surface area contributed by atoms with Crippen LogP contribution in [-0.4, -0.2) is 59.9 Å². The Morgan fingerprint density at radius 2 is 1.62 bits per heavy atom. The number of morpholine rings is 1. The summed E-state index contributed by atoms with van der Waals surface area (Å²) in [6.07, 6.45) is 0. The van der Waals surface area contributed by atoms with Gasteiger partial charge in [-0.3, -0.25) is 14.5 Å². The van der Waals surface area contributed by atoms with Crippen LogP contribution in [-0.2, 0) is 14.3 Å². The molecule has 2 aliphatic rings. The van der Waals surface area contributed by atoms with Gasteiger partial charge in [0, 0.05) is 19.6 Å². The van der Waals surface area contributed by atoms with Crippen LogP contribution in [0, 0.1) is 17.8 Å². The van der Waals surface area contributed by atoms with Crippen LogP contribution >= 0.6 is 0 Å². The molecule has 0 spiro atoms. The van der Waals surface area contributed by atoms with Crippen molar-refractivity contribution in [1.29, 1.82) is 0 Å². The monoisotopic (exact) mass is 229 g/mol. The highest BCUT2D eigenvalue weighted by Crippen LogP contribution is 2.47. The number of carboxylic acids is 2. The lowest BCUT2D eigenvalue weighted by atomic mass is 10.2. The van der Waals surface area contributed by atoms with Gasteiger partial charge in [-0.05, 0) is 5.92 Å². The van der Waals surface area contributed by atoms with Crippen molar-refractivity contribution in [3.05, 3.63) is 0 Å². The molecule has 1 saturated carbocycles. The molecule has 2 fully saturated rings. The molecule has 16 heavy (non-hydrogen) atoms. The first-order valence-corrected chi connectivity index (χ1v) is 5.37. The summed E-state index contributed by atoms with van der Waals surface area (Å²) < 4.78 is 5.18. The topological polar surface area (TPSA) is 87.1 Å². The largest absolute Gasteiger partial charge is 0.481 e. The fraction of sp³-hybridized carbons (Fsp3) is 0.800. The number of aliphatic carboxylic acids is 2. The third-order valence-corrected chi connectivity index (χ3v) is 3.31. The molecule has 0 aromatic rings. The van der Waals surface area contributed by atoms with Crippen molar-refractivity contribution >= 4 is 11.9 Å². The van der Waals surface area contributed by atoms with E-state index in [2.05, 4.69) is 4.90 Å². The van der Waals surface area contributed by atoms with Crippen LogP contribution in [0.5, 0.6) is 0 Å².